The van der Waals surface area contributed by atoms with E-state index in [2.05, 4.69) is 152 Å². The van der Waals surface area contributed by atoms with Crippen molar-refractivity contribution in [3.63, 3.8) is 0 Å². The molecule has 270 valence electrons. The fourth-order valence-electron chi connectivity index (χ4n) is 8.59. The molecule has 12 rings (SSSR count). The number of aromatic nitrogens is 3. The fourth-order valence-corrected chi connectivity index (χ4v) is 8.59. The van der Waals surface area contributed by atoms with Crippen molar-refractivity contribution in [2.24, 2.45) is 0 Å². The van der Waals surface area contributed by atoms with Gasteiger partial charge in [-0.05, 0) is 86.3 Å². The van der Waals surface area contributed by atoms with Gasteiger partial charge in [-0.15, -0.1) is 0 Å². The Balaban J connectivity index is 1.06. The van der Waals surface area contributed by atoms with Crippen LogP contribution in [0.3, 0.4) is 0 Å². The Hall–Kier alpha value is -7.89. The number of para-hydroxylation sites is 2. The monoisotopic (exact) mass is 741 g/mol. The molecule has 12 aromatic rings. The van der Waals surface area contributed by atoms with Gasteiger partial charge in [0.15, 0.2) is 17.5 Å². The molecule has 5 heteroatoms. The number of fused-ring (bicyclic) bond motifs is 8. The van der Waals surface area contributed by atoms with Gasteiger partial charge in [-0.2, -0.15) is 0 Å². The van der Waals surface area contributed by atoms with Crippen LogP contribution in [0.4, 0.5) is 0 Å². The summed E-state index contributed by atoms with van der Waals surface area (Å²) in [7, 11) is 0. The Bertz CT molecular complexity index is 3580. The molecule has 0 atom stereocenters. The summed E-state index contributed by atoms with van der Waals surface area (Å²) in [5.41, 5.74) is 10.4. The third-order valence-electron chi connectivity index (χ3n) is 11.3. The molecule has 3 aromatic heterocycles. The molecule has 0 spiro atoms. The lowest BCUT2D eigenvalue weighted by molar-refractivity contribution is 0.669. The van der Waals surface area contributed by atoms with Gasteiger partial charge < -0.3 is 8.83 Å². The van der Waals surface area contributed by atoms with Crippen LogP contribution in [-0.4, -0.2) is 15.0 Å². The summed E-state index contributed by atoms with van der Waals surface area (Å²) in [5.74, 6) is 1.73. The minimum absolute atomic E-state index is 0.551. The highest BCUT2D eigenvalue weighted by atomic mass is 16.3. The van der Waals surface area contributed by atoms with Crippen LogP contribution < -0.4 is 0 Å². The lowest BCUT2D eigenvalue weighted by Crippen LogP contribution is -2.01. The van der Waals surface area contributed by atoms with Gasteiger partial charge in [0.25, 0.3) is 0 Å². The highest BCUT2D eigenvalue weighted by Crippen LogP contribution is 2.43. The molecule has 5 nitrogen and oxygen atoms in total. The van der Waals surface area contributed by atoms with Crippen molar-refractivity contribution in [3.05, 3.63) is 188 Å². The van der Waals surface area contributed by atoms with E-state index < -0.39 is 0 Å². The van der Waals surface area contributed by atoms with E-state index in [0.717, 1.165) is 104 Å². The van der Waals surface area contributed by atoms with Crippen molar-refractivity contribution in [2.45, 2.75) is 0 Å². The summed E-state index contributed by atoms with van der Waals surface area (Å²) >= 11 is 0. The highest BCUT2D eigenvalue weighted by molar-refractivity contribution is 6.17. The second-order valence-corrected chi connectivity index (χ2v) is 14.7. The van der Waals surface area contributed by atoms with E-state index in [1.807, 2.05) is 36.4 Å². The van der Waals surface area contributed by atoms with Crippen molar-refractivity contribution < 1.29 is 8.83 Å². The van der Waals surface area contributed by atoms with E-state index in [9.17, 15) is 0 Å². The van der Waals surface area contributed by atoms with Crippen molar-refractivity contribution in [1.29, 1.82) is 0 Å². The third-order valence-corrected chi connectivity index (χ3v) is 11.3. The van der Waals surface area contributed by atoms with E-state index >= 15 is 0 Å². The second-order valence-electron chi connectivity index (χ2n) is 14.7. The van der Waals surface area contributed by atoms with Crippen LogP contribution in [0.25, 0.3) is 122 Å². The van der Waals surface area contributed by atoms with Gasteiger partial charge in [0, 0.05) is 32.7 Å². The Morgan fingerprint density at radius 2 is 0.931 bits per heavy atom. The molecule has 0 N–H and O–H groups in total. The maximum Gasteiger partial charge on any atom is 0.167 e. The molecule has 0 saturated heterocycles. The first-order chi connectivity index (χ1) is 28.7. The normalized spacial score (nSPS) is 11.8. The molecule has 0 amide bonds. The molecule has 58 heavy (non-hydrogen) atoms. The van der Waals surface area contributed by atoms with Gasteiger partial charge in [-0.25, -0.2) is 15.0 Å². The van der Waals surface area contributed by atoms with Gasteiger partial charge in [-0.3, -0.25) is 0 Å². The van der Waals surface area contributed by atoms with Crippen LogP contribution >= 0.6 is 0 Å². The number of rotatable bonds is 5. The Kier molecular flexibility index (Phi) is 7.16. The van der Waals surface area contributed by atoms with Gasteiger partial charge in [0.1, 0.15) is 22.3 Å². The van der Waals surface area contributed by atoms with Crippen molar-refractivity contribution >= 4 is 65.4 Å². The standard InChI is InChI=1S/C53H31N3O2/c1-2-12-32(13-3-1)35-26-27-44-48(31-35)57-47-23-11-19-41(49(44)47)39-28-29-43(38-17-7-6-16-37(38)39)52-54-51(36-25-24-33-14-4-5-15-34(33)30-36)55-53(56-52)45-21-10-20-42-40-18-8-9-22-46(40)58-50(42)45/h1-31H. The van der Waals surface area contributed by atoms with Gasteiger partial charge in [0.05, 0.1) is 5.56 Å². The largest absolute Gasteiger partial charge is 0.456 e. The zero-order valence-corrected chi connectivity index (χ0v) is 31.1. The quantitative estimate of drug-likeness (QED) is 0.176. The lowest BCUT2D eigenvalue weighted by atomic mass is 9.92. The molecule has 0 aliphatic carbocycles. The van der Waals surface area contributed by atoms with Crippen LogP contribution in [0.1, 0.15) is 0 Å². The Morgan fingerprint density at radius 3 is 1.81 bits per heavy atom. The number of hydrogen-bond acceptors (Lipinski definition) is 5. The Labute approximate surface area is 332 Å². The van der Waals surface area contributed by atoms with Crippen LogP contribution in [0.2, 0.25) is 0 Å². The molecule has 0 bridgehead atoms. The molecule has 0 fully saturated rings. The molecule has 0 aliphatic rings. The third kappa shape index (κ3) is 5.14. The van der Waals surface area contributed by atoms with E-state index in [4.69, 9.17) is 23.8 Å². The van der Waals surface area contributed by atoms with Crippen LogP contribution in [0, 0.1) is 0 Å². The minimum atomic E-state index is 0.551. The molecule has 0 unspecified atom stereocenters. The molecular weight excluding hydrogens is 711 g/mol. The maximum absolute atomic E-state index is 6.53. The first-order valence-corrected chi connectivity index (χ1v) is 19.4. The SMILES string of the molecule is c1ccc(-c2ccc3c(c2)oc2cccc(-c4ccc(-c5nc(-c6ccc7ccccc7c6)nc(-c6cccc7c6oc6ccccc67)n5)c5ccccc45)c23)cc1. The van der Waals surface area contributed by atoms with Crippen LogP contribution in [-0.2, 0) is 0 Å². The first kappa shape index (κ1) is 32.4. The molecular formula is C53H31N3O2. The van der Waals surface area contributed by atoms with Gasteiger partial charge in [0.2, 0.25) is 0 Å². The van der Waals surface area contributed by atoms with E-state index in [1.165, 1.54) is 0 Å². The summed E-state index contributed by atoms with van der Waals surface area (Å²) in [5, 5.41) is 8.67. The summed E-state index contributed by atoms with van der Waals surface area (Å²) in [6.45, 7) is 0. The molecule has 9 aromatic carbocycles. The van der Waals surface area contributed by atoms with Gasteiger partial charge >= 0.3 is 0 Å². The first-order valence-electron chi connectivity index (χ1n) is 19.4. The summed E-state index contributed by atoms with van der Waals surface area (Å²) in [6.07, 6.45) is 0. The van der Waals surface area contributed by atoms with E-state index in [1.54, 1.807) is 0 Å². The summed E-state index contributed by atoms with van der Waals surface area (Å²) in [6, 6.07) is 65.1. The van der Waals surface area contributed by atoms with Crippen LogP contribution in [0.5, 0.6) is 0 Å². The number of furan rings is 2. The number of hydrogen-bond donors (Lipinski definition) is 0. The van der Waals surface area contributed by atoms with Crippen molar-refractivity contribution in [1.82, 2.24) is 15.0 Å². The molecule has 0 aliphatic heterocycles. The fraction of sp³-hybridized carbons (Fsp3) is 0. The number of nitrogens with zero attached hydrogens (tertiary/aromatic N) is 3. The van der Waals surface area contributed by atoms with Crippen molar-refractivity contribution in [3.8, 4) is 56.4 Å². The highest BCUT2D eigenvalue weighted by Gasteiger charge is 2.21. The van der Waals surface area contributed by atoms with E-state index in [-0.39, 0.29) is 0 Å². The predicted molar refractivity (Wildman–Crippen MR) is 237 cm³/mol. The zero-order valence-electron chi connectivity index (χ0n) is 31.1. The Morgan fingerprint density at radius 1 is 0.293 bits per heavy atom. The van der Waals surface area contributed by atoms with E-state index in [0.29, 0.717) is 17.5 Å². The maximum atomic E-state index is 6.53. The number of benzene rings is 9. The van der Waals surface area contributed by atoms with Gasteiger partial charge in [-0.1, -0.05) is 146 Å². The molecule has 0 saturated carbocycles. The summed E-state index contributed by atoms with van der Waals surface area (Å²) in [4.78, 5) is 15.6. The van der Waals surface area contributed by atoms with Crippen LogP contribution in [0.15, 0.2) is 197 Å². The zero-order chi connectivity index (χ0) is 38.2. The summed E-state index contributed by atoms with van der Waals surface area (Å²) < 4.78 is 13.0. The van der Waals surface area contributed by atoms with Crippen molar-refractivity contribution in [2.75, 3.05) is 0 Å². The minimum Gasteiger partial charge on any atom is -0.456 e. The topological polar surface area (TPSA) is 65.0 Å². The average molecular weight is 742 g/mol. The lowest BCUT2D eigenvalue weighted by Gasteiger charge is -2.14. The average Bonchev–Trinajstić information content (AvgIpc) is 3.87. The second kappa shape index (κ2) is 12.8. The smallest absolute Gasteiger partial charge is 0.167 e. The molecule has 3 heterocycles. The molecule has 0 radical (unpaired) electrons. The predicted octanol–water partition coefficient (Wildman–Crippen LogP) is 14.3.